The van der Waals surface area contributed by atoms with Gasteiger partial charge in [-0.3, -0.25) is 4.18 Å². The van der Waals surface area contributed by atoms with Crippen LogP contribution in [-0.2, 0) is 14.6 Å². The second-order valence-electron chi connectivity index (χ2n) is 4.47. The Morgan fingerprint density at radius 2 is 1.44 bits per heavy atom. The average molecular weight is 288 g/mol. The van der Waals surface area contributed by atoms with E-state index in [1.165, 1.54) is 19.3 Å². The quantitative estimate of drug-likeness (QED) is 0.239. The molecule has 0 rings (SSSR count). The van der Waals surface area contributed by atoms with Crippen molar-refractivity contribution in [1.82, 2.24) is 0 Å². The van der Waals surface area contributed by atoms with E-state index in [0.29, 0.717) is 12.8 Å². The van der Waals surface area contributed by atoms with Crippen LogP contribution in [0, 0.1) is 0 Å². The minimum Gasteiger partial charge on any atom is -0.726 e. The van der Waals surface area contributed by atoms with E-state index in [4.69, 9.17) is 0 Å². The molecule has 18 heavy (non-hydrogen) atoms. The first-order valence-electron chi connectivity index (χ1n) is 6.63. The molecule has 0 fully saturated rings. The summed E-state index contributed by atoms with van der Waals surface area (Å²) >= 11 is 0. The Balaban J connectivity index is 0. The van der Waals surface area contributed by atoms with E-state index in [1.54, 1.807) is 0 Å². The Bertz CT molecular complexity index is 267. The number of hydrogen-bond acceptors (Lipinski definition) is 4. The van der Waals surface area contributed by atoms with Crippen molar-refractivity contribution < 1.29 is 46.7 Å². The van der Waals surface area contributed by atoms with Crippen LogP contribution in [0.2, 0.25) is 0 Å². The van der Waals surface area contributed by atoms with Crippen LogP contribution in [0.3, 0.4) is 0 Å². The summed E-state index contributed by atoms with van der Waals surface area (Å²) in [5.41, 5.74) is 0. The molecular formula is C12H25NaO4S. The summed E-state index contributed by atoms with van der Waals surface area (Å²) in [6.45, 7) is 4.18. The van der Waals surface area contributed by atoms with E-state index in [9.17, 15) is 13.0 Å². The monoisotopic (exact) mass is 288 g/mol. The van der Waals surface area contributed by atoms with E-state index < -0.39 is 16.5 Å². The molecule has 6 heteroatoms. The number of unbranched alkanes of at least 4 members (excludes halogenated alkanes) is 5. The number of rotatable bonds is 11. The predicted octanol–water partition coefficient (Wildman–Crippen LogP) is 0.387. The van der Waals surface area contributed by atoms with Crippen molar-refractivity contribution >= 4 is 10.4 Å². The first-order chi connectivity index (χ1) is 7.99. The van der Waals surface area contributed by atoms with Crippen molar-refractivity contribution in [2.24, 2.45) is 0 Å². The number of hydrogen-bond donors (Lipinski definition) is 0. The molecule has 0 amide bonds. The average Bonchev–Trinajstić information content (AvgIpc) is 2.23. The summed E-state index contributed by atoms with van der Waals surface area (Å²) in [5, 5.41) is 0. The molecule has 0 radical (unpaired) electrons. The van der Waals surface area contributed by atoms with Crippen LogP contribution in [-0.4, -0.2) is 19.1 Å². The van der Waals surface area contributed by atoms with E-state index in [2.05, 4.69) is 11.1 Å². The van der Waals surface area contributed by atoms with Gasteiger partial charge < -0.3 is 4.55 Å². The van der Waals surface area contributed by atoms with Crippen molar-refractivity contribution in [1.29, 1.82) is 0 Å². The molecule has 104 valence electrons. The third-order valence-corrected chi connectivity index (χ3v) is 3.27. The zero-order valence-corrected chi connectivity index (χ0v) is 14.8. The third kappa shape index (κ3) is 14.9. The molecule has 0 saturated heterocycles. The maximum atomic E-state index is 10.6. The van der Waals surface area contributed by atoms with Crippen LogP contribution < -0.4 is 29.6 Å². The maximum absolute atomic E-state index is 10.6. The fourth-order valence-electron chi connectivity index (χ4n) is 1.81. The molecule has 0 spiro atoms. The molecule has 0 aliphatic carbocycles. The molecule has 0 N–H and O–H groups in total. The summed E-state index contributed by atoms with van der Waals surface area (Å²) in [6, 6.07) is 0. The molecule has 4 nitrogen and oxygen atoms in total. The van der Waals surface area contributed by atoms with Crippen molar-refractivity contribution in [3.05, 3.63) is 0 Å². The van der Waals surface area contributed by atoms with Gasteiger partial charge in [0.2, 0.25) is 10.4 Å². The molecule has 0 aromatic carbocycles. The molecule has 0 aliphatic heterocycles. The van der Waals surface area contributed by atoms with Crippen LogP contribution in [0.5, 0.6) is 0 Å². The Kier molecular flexibility index (Phi) is 15.2. The molecule has 1 unspecified atom stereocenters. The van der Waals surface area contributed by atoms with Gasteiger partial charge in [-0.15, -0.1) is 0 Å². The largest absolute Gasteiger partial charge is 1.00 e. The van der Waals surface area contributed by atoms with Gasteiger partial charge in [0.1, 0.15) is 0 Å². The van der Waals surface area contributed by atoms with Gasteiger partial charge in [0.25, 0.3) is 0 Å². The van der Waals surface area contributed by atoms with E-state index in [0.717, 1.165) is 25.7 Å². The molecule has 0 heterocycles. The summed E-state index contributed by atoms with van der Waals surface area (Å²) in [4.78, 5) is 0. The molecule has 1 atom stereocenters. The minimum atomic E-state index is -4.55. The van der Waals surface area contributed by atoms with Gasteiger partial charge in [-0.2, -0.15) is 0 Å². The Morgan fingerprint density at radius 1 is 0.944 bits per heavy atom. The summed E-state index contributed by atoms with van der Waals surface area (Å²) in [6.07, 6.45) is 8.37. The van der Waals surface area contributed by atoms with Gasteiger partial charge in [0.15, 0.2) is 0 Å². The SMILES string of the molecule is CCCCCCCC(CCCC)OS(=O)(=O)[O-].[Na+]. The maximum Gasteiger partial charge on any atom is 1.00 e. The van der Waals surface area contributed by atoms with Gasteiger partial charge in [0.05, 0.1) is 6.10 Å². The van der Waals surface area contributed by atoms with Crippen molar-refractivity contribution in [3.63, 3.8) is 0 Å². The van der Waals surface area contributed by atoms with Crippen LogP contribution in [0.1, 0.15) is 71.6 Å². The third-order valence-electron chi connectivity index (χ3n) is 2.76. The fraction of sp³-hybridized carbons (Fsp3) is 1.00. The van der Waals surface area contributed by atoms with Gasteiger partial charge >= 0.3 is 29.6 Å². The van der Waals surface area contributed by atoms with Crippen LogP contribution in [0.4, 0.5) is 0 Å². The van der Waals surface area contributed by atoms with Gasteiger partial charge in [0, 0.05) is 0 Å². The Hall–Kier alpha value is 0.870. The summed E-state index contributed by atoms with van der Waals surface area (Å²) < 4.78 is 36.2. The topological polar surface area (TPSA) is 66.4 Å². The van der Waals surface area contributed by atoms with Crippen molar-refractivity contribution in [3.8, 4) is 0 Å². The second kappa shape index (κ2) is 12.9. The fourth-order valence-corrected chi connectivity index (χ4v) is 2.34. The zero-order valence-electron chi connectivity index (χ0n) is 12.0. The molecule has 0 saturated carbocycles. The predicted molar refractivity (Wildman–Crippen MR) is 67.5 cm³/mol. The standard InChI is InChI=1S/C12H26O4S.Na/c1-3-5-7-8-9-11-12(10-6-4-2)16-17(13,14)15;/h12H,3-11H2,1-2H3,(H,13,14,15);/q;+1/p-1. The zero-order chi connectivity index (χ0) is 13.1. The molecule has 0 aromatic rings. The Morgan fingerprint density at radius 3 is 1.94 bits per heavy atom. The van der Waals surface area contributed by atoms with Gasteiger partial charge in [-0.05, 0) is 12.8 Å². The first-order valence-corrected chi connectivity index (χ1v) is 7.97. The smallest absolute Gasteiger partial charge is 0.726 e. The molecule has 0 aliphatic rings. The Labute approximate surface area is 134 Å². The van der Waals surface area contributed by atoms with Crippen molar-refractivity contribution in [2.45, 2.75) is 77.7 Å². The second-order valence-corrected chi connectivity index (χ2v) is 5.48. The summed E-state index contributed by atoms with van der Waals surface area (Å²) in [5.74, 6) is 0. The molecular weight excluding hydrogens is 263 g/mol. The molecule has 0 aromatic heterocycles. The van der Waals surface area contributed by atoms with Gasteiger partial charge in [-0.1, -0.05) is 58.8 Å². The van der Waals surface area contributed by atoms with Crippen molar-refractivity contribution in [2.75, 3.05) is 0 Å². The molecule has 0 bridgehead atoms. The van der Waals surface area contributed by atoms with Crippen LogP contribution in [0.25, 0.3) is 0 Å². The normalized spacial score (nSPS) is 13.1. The van der Waals surface area contributed by atoms with E-state index >= 15 is 0 Å². The van der Waals surface area contributed by atoms with Crippen LogP contribution in [0.15, 0.2) is 0 Å². The van der Waals surface area contributed by atoms with Gasteiger partial charge in [-0.25, -0.2) is 8.42 Å². The van der Waals surface area contributed by atoms with E-state index in [-0.39, 0.29) is 29.6 Å². The van der Waals surface area contributed by atoms with E-state index in [1.807, 2.05) is 6.92 Å². The van der Waals surface area contributed by atoms with Crippen LogP contribution >= 0.6 is 0 Å². The first kappa shape index (κ1) is 21.2. The summed E-state index contributed by atoms with van der Waals surface area (Å²) in [7, 11) is -4.55. The minimum absolute atomic E-state index is 0.